The van der Waals surface area contributed by atoms with Gasteiger partial charge < -0.3 is 18.8 Å². The van der Waals surface area contributed by atoms with E-state index < -0.39 is 29.9 Å². The molecular weight excluding hydrogens is 438 g/mol. The molecule has 1 aliphatic rings. The van der Waals surface area contributed by atoms with Gasteiger partial charge in [0.1, 0.15) is 18.2 Å². The number of hydrogen-bond donors (Lipinski definition) is 1. The third-order valence-corrected chi connectivity index (χ3v) is 5.99. The lowest BCUT2D eigenvalue weighted by molar-refractivity contribution is 0.00578. The first-order valence-electron chi connectivity index (χ1n) is 9.24. The average molecular weight is 460 g/mol. The quantitative estimate of drug-likeness (QED) is 0.428. The van der Waals surface area contributed by atoms with E-state index in [4.69, 9.17) is 25.6 Å². The highest BCUT2D eigenvalue weighted by Gasteiger charge is 2.51. The largest absolute Gasteiger partial charge is 0.494 e. The summed E-state index contributed by atoms with van der Waals surface area (Å²) in [6, 6.07) is 9.34. The van der Waals surface area contributed by atoms with Gasteiger partial charge in [-0.25, -0.2) is 4.39 Å². The molecule has 1 saturated heterocycles. The molecule has 162 valence electrons. The van der Waals surface area contributed by atoms with Crippen molar-refractivity contribution in [3.8, 4) is 5.75 Å². The molecule has 1 fully saturated rings. The molecule has 2 aromatic rings. The molecule has 0 spiro atoms. The van der Waals surface area contributed by atoms with E-state index in [0.717, 1.165) is 0 Å². The lowest BCUT2D eigenvalue weighted by Gasteiger charge is -2.32. The van der Waals surface area contributed by atoms with Gasteiger partial charge in [0.25, 0.3) is 0 Å². The molecule has 1 aliphatic heterocycles. The van der Waals surface area contributed by atoms with Crippen LogP contribution in [0.1, 0.15) is 33.3 Å². The fraction of sp³-hybridized carbons (Fsp3) is 0.400. The van der Waals surface area contributed by atoms with Gasteiger partial charge in [0.2, 0.25) is 0 Å². The third kappa shape index (κ3) is 5.19. The summed E-state index contributed by atoms with van der Waals surface area (Å²) >= 11 is 5.96. The first-order chi connectivity index (χ1) is 14.0. The smallest absolute Gasteiger partial charge is 0.487 e. The number of ether oxygens (including phenoxy) is 1. The molecule has 0 atom stereocenters. The lowest BCUT2D eigenvalue weighted by Crippen LogP contribution is -2.41. The van der Waals surface area contributed by atoms with Crippen LogP contribution < -0.4 is 14.9 Å². The minimum Gasteiger partial charge on any atom is -0.487 e. The maximum atomic E-state index is 13.7. The number of hydrogen-bond acceptors (Lipinski definition) is 5. The second-order valence-electron chi connectivity index (χ2n) is 7.86. The van der Waals surface area contributed by atoms with Gasteiger partial charge in [-0.3, -0.25) is 0 Å². The third-order valence-electron chi connectivity index (χ3n) is 5.17. The highest BCUT2D eigenvalue weighted by Crippen LogP contribution is 2.37. The highest BCUT2D eigenvalue weighted by atomic mass is 35.5. The molecular formula is C20H22BClF3NO3S. The zero-order valence-electron chi connectivity index (χ0n) is 17.0. The Bertz CT molecular complexity index is 901. The maximum absolute atomic E-state index is 13.7. The molecule has 0 bridgehead atoms. The first kappa shape index (κ1) is 23.1. The molecule has 2 aromatic carbocycles. The summed E-state index contributed by atoms with van der Waals surface area (Å²) in [4.78, 5) is 0. The summed E-state index contributed by atoms with van der Waals surface area (Å²) in [5.74, 6) is -2.85. The van der Waals surface area contributed by atoms with E-state index in [1.807, 2.05) is 27.7 Å². The number of halogens is 4. The number of rotatable bonds is 7. The van der Waals surface area contributed by atoms with Gasteiger partial charge in [-0.2, -0.15) is 8.78 Å². The summed E-state index contributed by atoms with van der Waals surface area (Å²) < 4.78 is 59.5. The van der Waals surface area contributed by atoms with Crippen LogP contribution in [0.25, 0.3) is 0 Å². The predicted octanol–water partition coefficient (Wildman–Crippen LogP) is 5.64. The fourth-order valence-corrected chi connectivity index (χ4v) is 3.27. The van der Waals surface area contributed by atoms with Crippen LogP contribution in [-0.2, 0) is 15.9 Å². The van der Waals surface area contributed by atoms with E-state index in [2.05, 4.69) is 4.72 Å². The normalized spacial score (nSPS) is 17.4. The number of alkyl halides is 2. The van der Waals surface area contributed by atoms with Gasteiger partial charge in [0.05, 0.1) is 21.9 Å². The van der Waals surface area contributed by atoms with Crippen LogP contribution in [0, 0.1) is 5.82 Å². The second kappa shape index (κ2) is 8.90. The maximum Gasteiger partial charge on any atom is 0.494 e. The zero-order chi connectivity index (χ0) is 22.1. The molecule has 0 amide bonds. The summed E-state index contributed by atoms with van der Waals surface area (Å²) in [6.07, 6.45) is 0. The van der Waals surface area contributed by atoms with Crippen molar-refractivity contribution in [1.29, 1.82) is 0 Å². The van der Waals surface area contributed by atoms with Gasteiger partial charge in [0.15, 0.2) is 0 Å². The molecule has 0 unspecified atom stereocenters. The lowest BCUT2D eigenvalue weighted by atomic mass is 9.79. The molecule has 1 N–H and O–H groups in total. The minimum absolute atomic E-state index is 0.0113. The second-order valence-corrected chi connectivity index (χ2v) is 9.06. The molecule has 0 saturated carbocycles. The molecule has 1 heterocycles. The molecule has 0 radical (unpaired) electrons. The Labute approximate surface area is 183 Å². The van der Waals surface area contributed by atoms with E-state index in [-0.39, 0.29) is 23.6 Å². The summed E-state index contributed by atoms with van der Waals surface area (Å²) in [6.45, 7) is 7.78. The predicted molar refractivity (Wildman–Crippen MR) is 115 cm³/mol. The van der Waals surface area contributed by atoms with E-state index >= 15 is 0 Å². The average Bonchev–Trinajstić information content (AvgIpc) is 2.88. The van der Waals surface area contributed by atoms with Gasteiger partial charge in [-0.1, -0.05) is 23.7 Å². The van der Waals surface area contributed by atoms with Crippen molar-refractivity contribution in [3.05, 3.63) is 52.8 Å². The summed E-state index contributed by atoms with van der Waals surface area (Å²) in [7, 11) is -0.637. The fourth-order valence-electron chi connectivity index (χ4n) is 2.77. The van der Waals surface area contributed by atoms with Crippen LogP contribution >= 0.6 is 23.5 Å². The van der Waals surface area contributed by atoms with E-state index in [0.29, 0.717) is 22.5 Å². The topological polar surface area (TPSA) is 39.7 Å². The molecule has 30 heavy (non-hydrogen) atoms. The van der Waals surface area contributed by atoms with Crippen LogP contribution in [-0.4, -0.2) is 24.1 Å². The Morgan fingerprint density at radius 1 is 1.10 bits per heavy atom. The van der Waals surface area contributed by atoms with E-state index in [9.17, 15) is 13.2 Å². The van der Waals surface area contributed by atoms with Crippen molar-refractivity contribution in [3.63, 3.8) is 0 Å². The Kier molecular flexibility index (Phi) is 6.86. The van der Waals surface area contributed by atoms with Gasteiger partial charge >= 0.3 is 12.9 Å². The Hall–Kier alpha value is -1.55. The van der Waals surface area contributed by atoms with E-state index in [1.165, 1.54) is 12.1 Å². The van der Waals surface area contributed by atoms with Crippen molar-refractivity contribution in [2.45, 2.75) is 51.3 Å². The Balaban J connectivity index is 1.84. The van der Waals surface area contributed by atoms with Crippen molar-refractivity contribution < 1.29 is 27.2 Å². The van der Waals surface area contributed by atoms with Gasteiger partial charge in [-0.15, -0.1) is 0 Å². The van der Waals surface area contributed by atoms with Crippen LogP contribution in [0.15, 0.2) is 36.4 Å². The summed E-state index contributed by atoms with van der Waals surface area (Å²) in [5, 5.41) is 0.0113. The SMILES string of the molecule is CC1(C)OB(c2ccc(NSC(F)F)c(OCc3ccc(Cl)c(F)c3)c2)OC1(C)C. The molecule has 3 rings (SSSR count). The van der Waals surface area contributed by atoms with E-state index in [1.54, 1.807) is 24.3 Å². The van der Waals surface area contributed by atoms with Crippen LogP contribution in [0.4, 0.5) is 18.9 Å². The number of anilines is 1. The van der Waals surface area contributed by atoms with Crippen molar-refractivity contribution in [2.75, 3.05) is 4.72 Å². The number of benzene rings is 2. The first-order valence-corrected chi connectivity index (χ1v) is 10.5. The zero-order valence-corrected chi connectivity index (χ0v) is 18.5. The van der Waals surface area contributed by atoms with Crippen molar-refractivity contribution in [1.82, 2.24) is 0 Å². The molecule has 10 heteroatoms. The molecule has 4 nitrogen and oxygen atoms in total. The minimum atomic E-state index is -2.61. The van der Waals surface area contributed by atoms with Gasteiger partial charge in [0, 0.05) is 11.9 Å². The molecule has 0 aliphatic carbocycles. The standard InChI is InChI=1S/C20H22BClF3NO3S/c1-19(2)20(3,4)29-21(28-19)13-6-8-16(26-30-18(24)25)17(10-13)27-11-12-5-7-14(22)15(23)9-12/h5-10,18,26H,11H2,1-4H3. The Morgan fingerprint density at radius 3 is 2.37 bits per heavy atom. The van der Waals surface area contributed by atoms with Crippen LogP contribution in [0.2, 0.25) is 5.02 Å². The van der Waals surface area contributed by atoms with Crippen molar-refractivity contribution >= 4 is 41.8 Å². The molecule has 0 aromatic heterocycles. The van der Waals surface area contributed by atoms with Crippen molar-refractivity contribution in [2.24, 2.45) is 0 Å². The van der Waals surface area contributed by atoms with Gasteiger partial charge in [-0.05, 0) is 63.0 Å². The van der Waals surface area contributed by atoms with Crippen LogP contribution in [0.3, 0.4) is 0 Å². The highest BCUT2D eigenvalue weighted by molar-refractivity contribution is 8.00. The monoisotopic (exact) mass is 459 g/mol. The Morgan fingerprint density at radius 2 is 1.77 bits per heavy atom. The number of nitrogens with one attached hydrogen (secondary N) is 1. The summed E-state index contributed by atoms with van der Waals surface area (Å²) in [5.41, 5.74) is 0.531. The van der Waals surface area contributed by atoms with Crippen LogP contribution in [0.5, 0.6) is 5.75 Å².